The fourth-order valence-electron chi connectivity index (χ4n) is 1.37. The summed E-state index contributed by atoms with van der Waals surface area (Å²) in [6, 6.07) is 2.82. The van der Waals surface area contributed by atoms with Crippen molar-refractivity contribution in [3.05, 3.63) is 17.7 Å². The van der Waals surface area contributed by atoms with Gasteiger partial charge in [0, 0.05) is 18.2 Å². The van der Waals surface area contributed by atoms with Gasteiger partial charge in [0.05, 0.1) is 19.8 Å². The molecule has 1 atom stereocenters. The molecule has 0 aliphatic carbocycles. The van der Waals surface area contributed by atoms with E-state index in [0.29, 0.717) is 11.5 Å². The molecule has 0 spiro atoms. The molecule has 1 rings (SSSR count). The molecular formula is C10H15NO3. The fourth-order valence-corrected chi connectivity index (χ4v) is 1.37. The maximum Gasteiger partial charge on any atom is 0.131 e. The maximum absolute atomic E-state index is 9.36. The Morgan fingerprint density at radius 2 is 1.64 bits per heavy atom. The number of hydrogen-bond acceptors (Lipinski definition) is 4. The van der Waals surface area contributed by atoms with Gasteiger partial charge in [-0.3, -0.25) is 0 Å². The van der Waals surface area contributed by atoms with Crippen LogP contribution in [0.15, 0.2) is 12.1 Å². The lowest BCUT2D eigenvalue weighted by atomic mass is 10.1. The summed E-state index contributed by atoms with van der Waals surface area (Å²) >= 11 is 0. The number of benzene rings is 1. The second kappa shape index (κ2) is 4.19. The minimum atomic E-state index is -0.208. The topological polar surface area (TPSA) is 64.7 Å². The molecule has 0 aliphatic heterocycles. The predicted molar refractivity (Wildman–Crippen MR) is 53.8 cm³/mol. The van der Waals surface area contributed by atoms with Crippen molar-refractivity contribution < 1.29 is 14.6 Å². The minimum absolute atomic E-state index is 0.100. The average Bonchev–Trinajstić information content (AvgIpc) is 2.15. The number of ether oxygens (including phenoxy) is 2. The van der Waals surface area contributed by atoms with Crippen LogP contribution in [-0.2, 0) is 0 Å². The lowest BCUT2D eigenvalue weighted by Gasteiger charge is -2.16. The summed E-state index contributed by atoms with van der Waals surface area (Å²) in [6.45, 7) is 1.83. The Balaban J connectivity index is 3.33. The van der Waals surface area contributed by atoms with Gasteiger partial charge in [0.2, 0.25) is 0 Å². The molecule has 0 bridgehead atoms. The molecule has 0 amide bonds. The molecule has 0 aromatic heterocycles. The van der Waals surface area contributed by atoms with Crippen LogP contribution in [0, 0.1) is 0 Å². The smallest absolute Gasteiger partial charge is 0.131 e. The first kappa shape index (κ1) is 10.7. The normalized spacial score (nSPS) is 12.3. The zero-order valence-corrected chi connectivity index (χ0v) is 8.57. The van der Waals surface area contributed by atoms with Gasteiger partial charge in [-0.1, -0.05) is 0 Å². The molecule has 1 aromatic rings. The molecule has 78 valence electrons. The Labute approximate surface area is 83.3 Å². The lowest BCUT2D eigenvalue weighted by molar-refractivity contribution is 0.372. The molecule has 0 aliphatic rings. The quantitative estimate of drug-likeness (QED) is 0.769. The van der Waals surface area contributed by atoms with Crippen molar-refractivity contribution >= 4 is 0 Å². The second-order valence-corrected chi connectivity index (χ2v) is 3.05. The van der Waals surface area contributed by atoms with Crippen molar-refractivity contribution in [3.63, 3.8) is 0 Å². The van der Waals surface area contributed by atoms with Gasteiger partial charge in [-0.05, 0) is 6.92 Å². The van der Waals surface area contributed by atoms with Crippen molar-refractivity contribution in [3.8, 4) is 17.2 Å². The molecule has 0 fully saturated rings. The molecule has 1 unspecified atom stereocenters. The van der Waals surface area contributed by atoms with Gasteiger partial charge < -0.3 is 20.3 Å². The SMILES string of the molecule is COc1cc(O)cc(OC)c1C(C)N. The van der Waals surface area contributed by atoms with Gasteiger partial charge in [-0.2, -0.15) is 0 Å². The van der Waals surface area contributed by atoms with Crippen molar-refractivity contribution in [2.45, 2.75) is 13.0 Å². The van der Waals surface area contributed by atoms with Crippen molar-refractivity contribution in [2.24, 2.45) is 5.73 Å². The summed E-state index contributed by atoms with van der Waals surface area (Å²) in [4.78, 5) is 0. The van der Waals surface area contributed by atoms with Crippen LogP contribution in [0.25, 0.3) is 0 Å². The lowest BCUT2D eigenvalue weighted by Crippen LogP contribution is -2.08. The van der Waals surface area contributed by atoms with Gasteiger partial charge in [-0.15, -0.1) is 0 Å². The Morgan fingerprint density at radius 1 is 1.21 bits per heavy atom. The summed E-state index contributed by atoms with van der Waals surface area (Å²) < 4.78 is 10.2. The summed E-state index contributed by atoms with van der Waals surface area (Å²) in [7, 11) is 3.06. The van der Waals surface area contributed by atoms with Crippen molar-refractivity contribution in [1.29, 1.82) is 0 Å². The first-order chi connectivity index (χ1) is 6.60. The van der Waals surface area contributed by atoms with Crippen molar-refractivity contribution in [2.75, 3.05) is 14.2 Å². The zero-order valence-electron chi connectivity index (χ0n) is 8.57. The molecule has 3 N–H and O–H groups in total. The van der Waals surface area contributed by atoms with Gasteiger partial charge in [0.15, 0.2) is 0 Å². The van der Waals surface area contributed by atoms with Crippen LogP contribution in [0.2, 0.25) is 0 Å². The molecule has 1 aromatic carbocycles. The number of aromatic hydroxyl groups is 1. The van der Waals surface area contributed by atoms with Gasteiger partial charge in [0.25, 0.3) is 0 Å². The van der Waals surface area contributed by atoms with E-state index in [0.717, 1.165) is 5.56 Å². The van der Waals surface area contributed by atoms with E-state index in [4.69, 9.17) is 15.2 Å². The van der Waals surface area contributed by atoms with Crippen molar-refractivity contribution in [1.82, 2.24) is 0 Å². The Morgan fingerprint density at radius 3 is 1.93 bits per heavy atom. The van der Waals surface area contributed by atoms with E-state index in [1.165, 1.54) is 26.4 Å². The number of rotatable bonds is 3. The summed E-state index contributed by atoms with van der Waals surface area (Å²) in [5.41, 5.74) is 6.53. The zero-order chi connectivity index (χ0) is 10.7. The minimum Gasteiger partial charge on any atom is -0.508 e. The van der Waals surface area contributed by atoms with Crippen LogP contribution >= 0.6 is 0 Å². The van der Waals surface area contributed by atoms with Crippen LogP contribution < -0.4 is 15.2 Å². The van der Waals surface area contributed by atoms with E-state index in [1.54, 1.807) is 0 Å². The van der Waals surface area contributed by atoms with E-state index in [-0.39, 0.29) is 11.8 Å². The number of hydrogen-bond donors (Lipinski definition) is 2. The highest BCUT2D eigenvalue weighted by Crippen LogP contribution is 2.36. The third-order valence-corrected chi connectivity index (χ3v) is 1.98. The van der Waals surface area contributed by atoms with Gasteiger partial charge in [-0.25, -0.2) is 0 Å². The molecule has 4 nitrogen and oxygen atoms in total. The Bertz CT molecular complexity index is 298. The van der Waals surface area contributed by atoms with Crippen LogP contribution in [0.1, 0.15) is 18.5 Å². The van der Waals surface area contributed by atoms with E-state index >= 15 is 0 Å². The first-order valence-corrected chi connectivity index (χ1v) is 4.30. The molecule has 0 radical (unpaired) electrons. The third-order valence-electron chi connectivity index (χ3n) is 1.98. The highest BCUT2D eigenvalue weighted by atomic mass is 16.5. The number of phenolic OH excluding ortho intramolecular Hbond substituents is 1. The summed E-state index contributed by atoms with van der Waals surface area (Å²) in [6.07, 6.45) is 0. The maximum atomic E-state index is 9.36. The van der Waals surface area contributed by atoms with Gasteiger partial charge in [0.1, 0.15) is 17.2 Å². The fraction of sp³-hybridized carbons (Fsp3) is 0.400. The Hall–Kier alpha value is -1.42. The molecule has 0 saturated heterocycles. The van der Waals surface area contributed by atoms with Crippen LogP contribution in [-0.4, -0.2) is 19.3 Å². The number of methoxy groups -OCH3 is 2. The standard InChI is InChI=1S/C10H15NO3/c1-6(11)10-8(13-2)4-7(12)5-9(10)14-3/h4-6,12H,11H2,1-3H3. The van der Waals surface area contributed by atoms with Crippen LogP contribution in [0.4, 0.5) is 0 Å². The summed E-state index contributed by atoms with van der Waals surface area (Å²) in [5.74, 6) is 1.18. The largest absolute Gasteiger partial charge is 0.508 e. The predicted octanol–water partition coefficient (Wildman–Crippen LogP) is 1.43. The van der Waals surface area contributed by atoms with Crippen LogP contribution in [0.3, 0.4) is 0 Å². The second-order valence-electron chi connectivity index (χ2n) is 3.05. The highest BCUT2D eigenvalue weighted by Gasteiger charge is 2.15. The van der Waals surface area contributed by atoms with E-state index in [1.807, 2.05) is 6.92 Å². The molecular weight excluding hydrogens is 182 g/mol. The Kier molecular flexibility index (Phi) is 3.19. The highest BCUT2D eigenvalue weighted by molar-refractivity contribution is 5.51. The first-order valence-electron chi connectivity index (χ1n) is 4.30. The molecule has 0 saturated carbocycles. The van der Waals surface area contributed by atoms with E-state index < -0.39 is 0 Å². The third kappa shape index (κ3) is 1.90. The van der Waals surface area contributed by atoms with Gasteiger partial charge >= 0.3 is 0 Å². The average molecular weight is 197 g/mol. The molecule has 14 heavy (non-hydrogen) atoms. The summed E-state index contributed by atoms with van der Waals surface area (Å²) in [5, 5.41) is 9.36. The molecule has 4 heteroatoms. The van der Waals surface area contributed by atoms with Crippen LogP contribution in [0.5, 0.6) is 17.2 Å². The van der Waals surface area contributed by atoms with E-state index in [9.17, 15) is 5.11 Å². The van der Waals surface area contributed by atoms with E-state index in [2.05, 4.69) is 0 Å². The number of phenols is 1. The molecule has 0 heterocycles. The monoisotopic (exact) mass is 197 g/mol. The number of nitrogens with two attached hydrogens (primary N) is 1.